The molecule has 0 bridgehead atoms. The van der Waals surface area contributed by atoms with Crippen molar-refractivity contribution in [1.82, 2.24) is 0 Å². The minimum absolute atomic E-state index is 0.114. The van der Waals surface area contributed by atoms with Crippen molar-refractivity contribution < 1.29 is 14.1 Å². The molecule has 0 aliphatic carbocycles. The van der Waals surface area contributed by atoms with Crippen LogP contribution in [0, 0.1) is 0 Å². The fourth-order valence-corrected chi connectivity index (χ4v) is 4.84. The number of hydrogen-bond acceptors (Lipinski definition) is 3. The summed E-state index contributed by atoms with van der Waals surface area (Å²) in [5.74, 6) is 0.317. The van der Waals surface area contributed by atoms with E-state index in [4.69, 9.17) is 16.3 Å². The molecule has 0 saturated heterocycles. The SMILES string of the molecule is O=C(COc1ccc(Cl)c2c1[S+]([O-])c1ccccc1C2)c1ccccc1. The lowest BCUT2D eigenvalue weighted by atomic mass is 10.0. The summed E-state index contributed by atoms with van der Waals surface area (Å²) in [4.78, 5) is 13.6. The summed E-state index contributed by atoms with van der Waals surface area (Å²) in [7, 11) is 0. The van der Waals surface area contributed by atoms with Crippen molar-refractivity contribution in [2.45, 2.75) is 16.2 Å². The molecule has 0 radical (unpaired) electrons. The second kappa shape index (κ2) is 7.16. The van der Waals surface area contributed by atoms with Gasteiger partial charge in [-0.2, -0.15) is 0 Å². The van der Waals surface area contributed by atoms with E-state index >= 15 is 0 Å². The van der Waals surface area contributed by atoms with Gasteiger partial charge in [0, 0.05) is 39.3 Å². The highest BCUT2D eigenvalue weighted by molar-refractivity contribution is 7.91. The Bertz CT molecular complexity index is 972. The predicted molar refractivity (Wildman–Crippen MR) is 102 cm³/mol. The number of Topliss-reactive ketones (excluding diaryl/α,β-unsaturated/α-hetero) is 1. The van der Waals surface area contributed by atoms with Crippen LogP contribution in [0.1, 0.15) is 21.5 Å². The second-order valence-corrected chi connectivity index (χ2v) is 7.78. The van der Waals surface area contributed by atoms with Crippen molar-refractivity contribution in [1.29, 1.82) is 0 Å². The Morgan fingerprint density at radius 2 is 1.77 bits per heavy atom. The first-order chi connectivity index (χ1) is 12.6. The van der Waals surface area contributed by atoms with Crippen LogP contribution in [0.2, 0.25) is 5.02 Å². The number of carbonyl (C=O) groups is 1. The maximum atomic E-state index is 13.1. The Morgan fingerprint density at radius 3 is 2.58 bits per heavy atom. The van der Waals surface area contributed by atoms with E-state index in [0.29, 0.717) is 27.7 Å². The zero-order valence-electron chi connectivity index (χ0n) is 13.8. The summed E-state index contributed by atoms with van der Waals surface area (Å²) in [6.45, 7) is -0.114. The van der Waals surface area contributed by atoms with Crippen molar-refractivity contribution in [3.05, 3.63) is 88.4 Å². The number of benzene rings is 3. The smallest absolute Gasteiger partial charge is 0.205 e. The Balaban J connectivity index is 1.64. The Morgan fingerprint density at radius 1 is 1.04 bits per heavy atom. The molecule has 1 aliphatic heterocycles. The molecule has 1 heterocycles. The van der Waals surface area contributed by atoms with E-state index in [-0.39, 0.29) is 12.4 Å². The number of fused-ring (bicyclic) bond motifs is 2. The van der Waals surface area contributed by atoms with E-state index in [1.165, 1.54) is 0 Å². The highest BCUT2D eigenvalue weighted by Gasteiger charge is 2.33. The normalized spacial score (nSPS) is 15.1. The van der Waals surface area contributed by atoms with E-state index in [2.05, 4.69) is 0 Å². The molecule has 0 amide bonds. The van der Waals surface area contributed by atoms with E-state index in [0.717, 1.165) is 16.0 Å². The van der Waals surface area contributed by atoms with Gasteiger partial charge in [0.2, 0.25) is 4.90 Å². The average Bonchev–Trinajstić information content (AvgIpc) is 2.68. The summed E-state index contributed by atoms with van der Waals surface area (Å²) in [5.41, 5.74) is 2.38. The number of ether oxygens (including phenoxy) is 1. The lowest BCUT2D eigenvalue weighted by molar-refractivity contribution is 0.0919. The standard InChI is InChI=1S/C21H15ClO3S/c22-17-10-11-19(25-13-18(23)14-6-2-1-3-7-14)21-16(17)12-15-8-4-5-9-20(15)26(21)24/h1-11H,12-13H2. The van der Waals surface area contributed by atoms with Crippen LogP contribution < -0.4 is 4.74 Å². The van der Waals surface area contributed by atoms with E-state index < -0.39 is 11.2 Å². The zero-order valence-corrected chi connectivity index (χ0v) is 15.3. The third-order valence-corrected chi connectivity index (χ3v) is 6.32. The van der Waals surface area contributed by atoms with Gasteiger partial charge in [-0.3, -0.25) is 4.79 Å². The third-order valence-electron chi connectivity index (χ3n) is 4.35. The highest BCUT2D eigenvalue weighted by Crippen LogP contribution is 2.42. The highest BCUT2D eigenvalue weighted by atomic mass is 35.5. The van der Waals surface area contributed by atoms with Crippen molar-refractivity contribution in [2.75, 3.05) is 6.61 Å². The largest absolute Gasteiger partial charge is 0.606 e. The number of ketones is 1. The van der Waals surface area contributed by atoms with Crippen molar-refractivity contribution in [2.24, 2.45) is 0 Å². The van der Waals surface area contributed by atoms with Crippen LogP contribution in [0.25, 0.3) is 0 Å². The number of halogens is 1. The Kier molecular flexibility index (Phi) is 4.72. The molecule has 130 valence electrons. The fraction of sp³-hybridized carbons (Fsp3) is 0.0952. The summed E-state index contributed by atoms with van der Waals surface area (Å²) in [6.07, 6.45) is 0.597. The maximum absolute atomic E-state index is 13.1. The van der Waals surface area contributed by atoms with Gasteiger partial charge in [-0.1, -0.05) is 60.1 Å². The molecule has 1 atom stereocenters. The lowest BCUT2D eigenvalue weighted by Crippen LogP contribution is -2.18. The molecule has 26 heavy (non-hydrogen) atoms. The molecule has 4 rings (SSSR count). The molecule has 0 aromatic heterocycles. The molecule has 5 heteroatoms. The van der Waals surface area contributed by atoms with Gasteiger partial charge in [-0.25, -0.2) is 0 Å². The van der Waals surface area contributed by atoms with Gasteiger partial charge in [0.25, 0.3) is 0 Å². The van der Waals surface area contributed by atoms with Crippen LogP contribution in [0.3, 0.4) is 0 Å². The summed E-state index contributed by atoms with van der Waals surface area (Å²) >= 11 is 4.96. The quantitative estimate of drug-likeness (QED) is 0.486. The first-order valence-electron chi connectivity index (χ1n) is 8.17. The number of hydrogen-bond donors (Lipinski definition) is 0. The summed E-state index contributed by atoms with van der Waals surface area (Å²) in [6, 6.07) is 20.0. The van der Waals surface area contributed by atoms with E-state index in [1.54, 1.807) is 24.3 Å². The topological polar surface area (TPSA) is 49.4 Å². The molecule has 1 aliphatic rings. The molecule has 0 N–H and O–H groups in total. The maximum Gasteiger partial charge on any atom is 0.205 e. The first kappa shape index (κ1) is 17.2. The second-order valence-electron chi connectivity index (χ2n) is 5.98. The van der Waals surface area contributed by atoms with E-state index in [1.807, 2.05) is 42.5 Å². The zero-order chi connectivity index (χ0) is 18.1. The van der Waals surface area contributed by atoms with Gasteiger partial charge in [-0.05, 0) is 18.2 Å². The Hall–Kier alpha value is -2.27. The van der Waals surface area contributed by atoms with Crippen LogP contribution in [0.4, 0.5) is 0 Å². The molecular formula is C21H15ClO3S. The average molecular weight is 383 g/mol. The molecule has 3 nitrogen and oxygen atoms in total. The molecule has 0 fully saturated rings. The molecule has 3 aromatic rings. The third kappa shape index (κ3) is 3.12. The lowest BCUT2D eigenvalue weighted by Gasteiger charge is -2.24. The predicted octanol–water partition coefficient (Wildman–Crippen LogP) is 4.67. The van der Waals surface area contributed by atoms with Crippen molar-refractivity contribution >= 4 is 28.6 Å². The minimum Gasteiger partial charge on any atom is -0.606 e. The van der Waals surface area contributed by atoms with Crippen LogP contribution in [-0.2, 0) is 17.6 Å². The molecule has 3 aromatic carbocycles. The van der Waals surface area contributed by atoms with Gasteiger partial charge in [0.1, 0.15) is 0 Å². The fourth-order valence-electron chi connectivity index (χ4n) is 3.05. The molecule has 0 saturated carbocycles. The first-order valence-corrected chi connectivity index (χ1v) is 9.70. The van der Waals surface area contributed by atoms with Gasteiger partial charge in [0.05, 0.1) is 0 Å². The molecular weight excluding hydrogens is 368 g/mol. The van der Waals surface area contributed by atoms with Crippen LogP contribution in [0.15, 0.2) is 76.5 Å². The minimum atomic E-state index is -1.39. The monoisotopic (exact) mass is 382 g/mol. The summed E-state index contributed by atoms with van der Waals surface area (Å²) in [5, 5.41) is 0.560. The van der Waals surface area contributed by atoms with Crippen LogP contribution in [0.5, 0.6) is 5.75 Å². The van der Waals surface area contributed by atoms with Crippen molar-refractivity contribution in [3.8, 4) is 5.75 Å². The van der Waals surface area contributed by atoms with Crippen LogP contribution in [-0.4, -0.2) is 16.9 Å². The number of carbonyl (C=O) groups excluding carboxylic acids is 1. The van der Waals surface area contributed by atoms with Crippen LogP contribution >= 0.6 is 11.6 Å². The Labute approximate surface area is 159 Å². The van der Waals surface area contributed by atoms with E-state index in [9.17, 15) is 9.35 Å². The summed E-state index contributed by atoms with van der Waals surface area (Å²) < 4.78 is 18.8. The van der Waals surface area contributed by atoms with Gasteiger partial charge < -0.3 is 9.29 Å². The molecule has 1 unspecified atom stereocenters. The van der Waals surface area contributed by atoms with Crippen molar-refractivity contribution in [3.63, 3.8) is 0 Å². The van der Waals surface area contributed by atoms with Gasteiger partial charge in [0.15, 0.2) is 23.0 Å². The van der Waals surface area contributed by atoms with Gasteiger partial charge >= 0.3 is 0 Å². The van der Waals surface area contributed by atoms with Gasteiger partial charge in [-0.15, -0.1) is 0 Å². The number of rotatable bonds is 4. The molecule has 0 spiro atoms.